The van der Waals surface area contributed by atoms with Gasteiger partial charge in [-0.15, -0.1) is 0 Å². The van der Waals surface area contributed by atoms with Gasteiger partial charge < -0.3 is 14.4 Å². The first-order chi connectivity index (χ1) is 8.91. The van der Waals surface area contributed by atoms with Crippen molar-refractivity contribution < 1.29 is 23.5 Å². The lowest BCUT2D eigenvalue weighted by Gasteiger charge is -2.46. The fraction of sp³-hybridized carbons (Fsp3) is 0.857. The number of carbonyl (C=O) groups excluding carboxylic acids is 2. The molecule has 1 atom stereocenters. The Bertz CT molecular complexity index is 402. The van der Waals surface area contributed by atoms with Gasteiger partial charge in [-0.05, 0) is 34.6 Å². The topological polar surface area (TPSA) is 55.8 Å². The number of piperidine rings is 1. The monoisotopic (exact) mass is 289 g/mol. The summed E-state index contributed by atoms with van der Waals surface area (Å²) < 4.78 is 24.4. The summed E-state index contributed by atoms with van der Waals surface area (Å²) in [5, 5.41) is 0. The molecule has 1 amide bonds. The van der Waals surface area contributed by atoms with E-state index in [1.165, 1.54) is 4.90 Å². The molecule has 1 fully saturated rings. The second-order valence-corrected chi connectivity index (χ2v) is 6.83. The van der Waals surface area contributed by atoms with Crippen LogP contribution in [0, 0.1) is 0 Å². The normalized spacial score (nSPS) is 26.1. The molecule has 0 bridgehead atoms. The largest absolute Gasteiger partial charge is 0.467 e. The second kappa shape index (κ2) is 5.22. The summed E-state index contributed by atoms with van der Waals surface area (Å²) in [6.45, 7) is 8.87. The first kappa shape index (κ1) is 16.7. The molecule has 1 heterocycles. The van der Waals surface area contributed by atoms with E-state index in [-0.39, 0.29) is 19.4 Å². The first-order valence-electron chi connectivity index (χ1n) is 6.69. The van der Waals surface area contributed by atoms with E-state index < -0.39 is 28.9 Å². The molecule has 5 nitrogen and oxygen atoms in total. The third-order valence-corrected chi connectivity index (χ3v) is 3.34. The van der Waals surface area contributed by atoms with Crippen LogP contribution in [0.5, 0.6) is 0 Å². The molecule has 0 saturated carbocycles. The molecular weight excluding hydrogens is 265 g/mol. The van der Waals surface area contributed by atoms with E-state index in [0.29, 0.717) is 0 Å². The van der Waals surface area contributed by atoms with Crippen LogP contribution in [0.2, 0.25) is 0 Å². The van der Waals surface area contributed by atoms with Crippen molar-refractivity contribution in [3.63, 3.8) is 0 Å². The van der Waals surface area contributed by atoms with Gasteiger partial charge in [-0.2, -0.15) is 0 Å². The maximum Gasteiger partial charge on any atom is 0.410 e. The Hall–Kier alpha value is -1.33. The van der Waals surface area contributed by atoms with E-state index in [4.69, 9.17) is 4.74 Å². The predicted octanol–water partition coefficient (Wildman–Crippen LogP) is 2.68. The molecule has 6 heteroatoms. The van der Waals surface area contributed by atoms with Crippen LogP contribution < -0.4 is 0 Å². The molecule has 0 unspecified atom stereocenters. The number of esters is 1. The maximum atomic E-state index is 14.6. The fourth-order valence-corrected chi connectivity index (χ4v) is 2.47. The van der Waals surface area contributed by atoms with Crippen molar-refractivity contribution in [3.8, 4) is 0 Å². The SMILES string of the molecule is COC(=O)[C@@]1(F)CCN(C(=O)OC(C)(C)C)C(C)(C)C1. The van der Waals surface area contributed by atoms with Crippen molar-refractivity contribution in [1.82, 2.24) is 4.90 Å². The summed E-state index contributed by atoms with van der Waals surface area (Å²) in [4.78, 5) is 25.2. The van der Waals surface area contributed by atoms with E-state index in [9.17, 15) is 14.0 Å². The second-order valence-electron chi connectivity index (χ2n) is 6.83. The van der Waals surface area contributed by atoms with Gasteiger partial charge in [0.15, 0.2) is 0 Å². The van der Waals surface area contributed by atoms with Crippen molar-refractivity contribution in [3.05, 3.63) is 0 Å². The van der Waals surface area contributed by atoms with Gasteiger partial charge in [-0.3, -0.25) is 0 Å². The molecule has 1 saturated heterocycles. The van der Waals surface area contributed by atoms with E-state index in [1.54, 1.807) is 34.6 Å². The summed E-state index contributed by atoms with van der Waals surface area (Å²) in [5.74, 6) is -0.880. The number of methoxy groups -OCH3 is 1. The minimum absolute atomic E-state index is 0.0810. The summed E-state index contributed by atoms with van der Waals surface area (Å²) >= 11 is 0. The molecule has 0 N–H and O–H groups in total. The van der Waals surface area contributed by atoms with E-state index in [2.05, 4.69) is 4.74 Å². The quantitative estimate of drug-likeness (QED) is 0.696. The van der Waals surface area contributed by atoms with Crippen LogP contribution in [0.15, 0.2) is 0 Å². The Morgan fingerprint density at radius 2 is 1.80 bits per heavy atom. The number of likely N-dealkylation sites (tertiary alicyclic amines) is 1. The van der Waals surface area contributed by atoms with Crippen LogP contribution in [0.4, 0.5) is 9.18 Å². The lowest BCUT2D eigenvalue weighted by Crippen LogP contribution is -2.60. The summed E-state index contributed by atoms with van der Waals surface area (Å²) in [5.41, 5.74) is -3.47. The first-order valence-corrected chi connectivity index (χ1v) is 6.69. The lowest BCUT2D eigenvalue weighted by atomic mass is 9.80. The maximum absolute atomic E-state index is 14.6. The number of amides is 1. The number of rotatable bonds is 1. The third kappa shape index (κ3) is 3.61. The third-order valence-electron chi connectivity index (χ3n) is 3.34. The van der Waals surface area contributed by atoms with Crippen molar-refractivity contribution in [1.29, 1.82) is 0 Å². The van der Waals surface area contributed by atoms with Crippen molar-refractivity contribution in [2.45, 2.75) is 64.3 Å². The number of hydrogen-bond acceptors (Lipinski definition) is 4. The fourth-order valence-electron chi connectivity index (χ4n) is 2.47. The molecule has 20 heavy (non-hydrogen) atoms. The van der Waals surface area contributed by atoms with Crippen molar-refractivity contribution in [2.24, 2.45) is 0 Å². The van der Waals surface area contributed by atoms with Gasteiger partial charge in [0.2, 0.25) is 5.67 Å². The number of nitrogens with zero attached hydrogens (tertiary/aromatic N) is 1. The van der Waals surface area contributed by atoms with Gasteiger partial charge >= 0.3 is 12.1 Å². The van der Waals surface area contributed by atoms with Crippen LogP contribution in [0.3, 0.4) is 0 Å². The summed E-state index contributed by atoms with van der Waals surface area (Å²) in [6, 6.07) is 0. The van der Waals surface area contributed by atoms with Crippen LogP contribution in [-0.2, 0) is 14.3 Å². The smallest absolute Gasteiger partial charge is 0.410 e. The van der Waals surface area contributed by atoms with Gasteiger partial charge in [-0.1, -0.05) is 0 Å². The van der Waals surface area contributed by atoms with Gasteiger partial charge in [0.25, 0.3) is 0 Å². The molecule has 0 aromatic rings. The Balaban J connectivity index is 2.86. The zero-order valence-corrected chi connectivity index (χ0v) is 13.1. The van der Waals surface area contributed by atoms with Gasteiger partial charge in [-0.25, -0.2) is 14.0 Å². The molecule has 1 aliphatic rings. The molecular formula is C14H24FNO4. The minimum atomic E-state index is -2.04. The Kier molecular flexibility index (Phi) is 4.36. The summed E-state index contributed by atoms with van der Waals surface area (Å²) in [7, 11) is 1.16. The number of ether oxygens (including phenoxy) is 2. The highest BCUT2D eigenvalue weighted by Crippen LogP contribution is 2.38. The Morgan fingerprint density at radius 3 is 2.20 bits per heavy atom. The number of hydrogen-bond donors (Lipinski definition) is 0. The molecule has 0 spiro atoms. The standard InChI is InChI=1S/C14H24FNO4/c1-12(2,3)20-11(18)16-8-7-14(15,10(17)19-6)9-13(16,4)5/h7-9H2,1-6H3/t14-/m1/s1. The van der Waals surface area contributed by atoms with Crippen LogP contribution in [-0.4, -0.2) is 47.4 Å². The van der Waals surface area contributed by atoms with E-state index in [0.717, 1.165) is 7.11 Å². The van der Waals surface area contributed by atoms with Gasteiger partial charge in [0.05, 0.1) is 7.11 Å². The van der Waals surface area contributed by atoms with Gasteiger partial charge in [0, 0.05) is 24.9 Å². The Labute approximate surface area is 119 Å². The zero-order chi connectivity index (χ0) is 15.8. The van der Waals surface area contributed by atoms with Crippen molar-refractivity contribution >= 4 is 12.1 Å². The number of halogens is 1. The van der Waals surface area contributed by atoms with Gasteiger partial charge in [0.1, 0.15) is 5.60 Å². The zero-order valence-electron chi connectivity index (χ0n) is 13.1. The average molecular weight is 289 g/mol. The highest BCUT2D eigenvalue weighted by atomic mass is 19.1. The van der Waals surface area contributed by atoms with Crippen LogP contribution in [0.25, 0.3) is 0 Å². The molecule has 1 aliphatic heterocycles. The van der Waals surface area contributed by atoms with Crippen molar-refractivity contribution in [2.75, 3.05) is 13.7 Å². The van der Waals surface area contributed by atoms with E-state index in [1.807, 2.05) is 0 Å². The molecule has 116 valence electrons. The van der Waals surface area contributed by atoms with Crippen LogP contribution >= 0.6 is 0 Å². The highest BCUT2D eigenvalue weighted by Gasteiger charge is 2.52. The molecule has 0 aromatic carbocycles. The Morgan fingerprint density at radius 1 is 1.25 bits per heavy atom. The minimum Gasteiger partial charge on any atom is -0.467 e. The summed E-state index contributed by atoms with van der Waals surface area (Å²) in [6.07, 6.45) is -0.678. The van der Waals surface area contributed by atoms with E-state index >= 15 is 0 Å². The highest BCUT2D eigenvalue weighted by molar-refractivity contribution is 5.80. The molecule has 1 rings (SSSR count). The molecule has 0 aromatic heterocycles. The lowest BCUT2D eigenvalue weighted by molar-refractivity contribution is -0.162. The van der Waals surface area contributed by atoms with Crippen LogP contribution in [0.1, 0.15) is 47.5 Å². The number of alkyl halides is 1. The molecule has 0 aliphatic carbocycles. The average Bonchev–Trinajstić information content (AvgIpc) is 2.23. The predicted molar refractivity (Wildman–Crippen MR) is 72.1 cm³/mol. The molecule has 0 radical (unpaired) electrons. The number of carbonyl (C=O) groups is 2.